The lowest BCUT2D eigenvalue weighted by Gasteiger charge is -2.16. The van der Waals surface area contributed by atoms with Crippen LogP contribution in [0.15, 0.2) is 43.1 Å². The predicted octanol–water partition coefficient (Wildman–Crippen LogP) is 2.66. The maximum atomic E-state index is 9.51. The van der Waals surface area contributed by atoms with E-state index < -0.39 is 0 Å². The molecule has 0 unspecified atom stereocenters. The van der Waals surface area contributed by atoms with Crippen LogP contribution in [-0.2, 0) is 7.05 Å². The number of aromatic nitrogens is 6. The second-order valence-electron chi connectivity index (χ2n) is 6.94. The summed E-state index contributed by atoms with van der Waals surface area (Å²) in [6.07, 6.45) is 11.3. The number of hydrogen-bond donors (Lipinski definition) is 0. The van der Waals surface area contributed by atoms with E-state index in [4.69, 9.17) is 4.98 Å². The predicted molar refractivity (Wildman–Crippen MR) is 105 cm³/mol. The number of nitriles is 1. The van der Waals surface area contributed by atoms with Gasteiger partial charge in [0.15, 0.2) is 0 Å². The molecule has 0 aliphatic carbocycles. The average Bonchev–Trinajstić information content (AvgIpc) is 3.48. The Morgan fingerprint density at radius 2 is 1.86 bits per heavy atom. The molecule has 8 nitrogen and oxygen atoms in total. The highest BCUT2D eigenvalue weighted by Crippen LogP contribution is 2.29. The van der Waals surface area contributed by atoms with Gasteiger partial charge in [-0.25, -0.2) is 14.5 Å². The van der Waals surface area contributed by atoms with Gasteiger partial charge in [-0.3, -0.25) is 4.68 Å². The van der Waals surface area contributed by atoms with Crippen LogP contribution >= 0.6 is 0 Å². The molecule has 8 heteroatoms. The molecule has 1 saturated heterocycles. The van der Waals surface area contributed by atoms with Crippen molar-refractivity contribution in [2.75, 3.05) is 18.0 Å². The third kappa shape index (κ3) is 2.68. The quantitative estimate of drug-likeness (QED) is 0.551. The van der Waals surface area contributed by atoms with Crippen LogP contribution in [0.1, 0.15) is 18.4 Å². The number of nitrogens with zero attached hydrogens (tertiary/aromatic N) is 8. The van der Waals surface area contributed by atoms with Crippen molar-refractivity contribution in [1.82, 2.24) is 29.4 Å². The van der Waals surface area contributed by atoms with E-state index in [-0.39, 0.29) is 0 Å². The molecule has 0 N–H and O–H groups in total. The zero-order chi connectivity index (χ0) is 19.1. The molecule has 1 aliphatic rings. The van der Waals surface area contributed by atoms with Crippen LogP contribution in [0.4, 0.5) is 5.82 Å². The van der Waals surface area contributed by atoms with Gasteiger partial charge in [0, 0.05) is 43.7 Å². The highest BCUT2D eigenvalue weighted by Gasteiger charge is 2.18. The molecular formula is C20H18N8. The number of hydrogen-bond acceptors (Lipinski definition) is 6. The van der Waals surface area contributed by atoms with Gasteiger partial charge < -0.3 is 4.90 Å². The van der Waals surface area contributed by atoms with E-state index in [0.29, 0.717) is 16.8 Å². The highest BCUT2D eigenvalue weighted by molar-refractivity contribution is 5.83. The van der Waals surface area contributed by atoms with Crippen LogP contribution in [-0.4, -0.2) is 42.5 Å². The van der Waals surface area contributed by atoms with Crippen LogP contribution in [0.2, 0.25) is 0 Å². The number of anilines is 1. The molecule has 0 aromatic carbocycles. The van der Waals surface area contributed by atoms with Crippen molar-refractivity contribution in [3.05, 3.63) is 48.7 Å². The number of rotatable bonds is 3. The molecule has 4 aromatic rings. The topological polar surface area (TPSA) is 87.9 Å². The van der Waals surface area contributed by atoms with E-state index in [1.54, 1.807) is 21.6 Å². The van der Waals surface area contributed by atoms with E-state index in [9.17, 15) is 5.26 Å². The first-order valence-corrected chi connectivity index (χ1v) is 9.22. The third-order valence-corrected chi connectivity index (χ3v) is 5.07. The van der Waals surface area contributed by atoms with Crippen molar-refractivity contribution in [3.8, 4) is 28.6 Å². The Bertz CT molecular complexity index is 1190. The molecule has 138 valence electrons. The van der Waals surface area contributed by atoms with Gasteiger partial charge in [-0.15, -0.1) is 0 Å². The van der Waals surface area contributed by atoms with Gasteiger partial charge in [0.2, 0.25) is 0 Å². The smallest absolute Gasteiger partial charge is 0.128 e. The Kier molecular flexibility index (Phi) is 3.79. The monoisotopic (exact) mass is 370 g/mol. The van der Waals surface area contributed by atoms with Crippen LogP contribution in [0.25, 0.3) is 28.0 Å². The summed E-state index contributed by atoms with van der Waals surface area (Å²) >= 11 is 0. The van der Waals surface area contributed by atoms with Crippen molar-refractivity contribution >= 4 is 11.3 Å². The van der Waals surface area contributed by atoms with E-state index in [0.717, 1.165) is 35.7 Å². The van der Waals surface area contributed by atoms with E-state index in [1.165, 1.54) is 12.8 Å². The summed E-state index contributed by atoms with van der Waals surface area (Å²) in [5.74, 6) is 0.981. The first kappa shape index (κ1) is 16.4. The number of fused-ring (bicyclic) bond motifs is 1. The van der Waals surface area contributed by atoms with Gasteiger partial charge in [0.05, 0.1) is 30.0 Å². The molecule has 5 rings (SSSR count). The molecule has 0 bridgehead atoms. The number of pyridine rings is 1. The normalized spacial score (nSPS) is 13.9. The summed E-state index contributed by atoms with van der Waals surface area (Å²) in [6, 6.07) is 6.25. The minimum Gasteiger partial charge on any atom is -0.357 e. The van der Waals surface area contributed by atoms with Crippen molar-refractivity contribution in [2.45, 2.75) is 12.8 Å². The summed E-state index contributed by atoms with van der Waals surface area (Å²) in [4.78, 5) is 11.8. The summed E-state index contributed by atoms with van der Waals surface area (Å²) in [6.45, 7) is 2.10. The molecule has 4 aromatic heterocycles. The molecular weight excluding hydrogens is 352 g/mol. The first-order chi connectivity index (χ1) is 13.7. The van der Waals surface area contributed by atoms with Crippen molar-refractivity contribution < 1.29 is 0 Å². The van der Waals surface area contributed by atoms with E-state index in [2.05, 4.69) is 26.2 Å². The molecule has 0 atom stereocenters. The van der Waals surface area contributed by atoms with Gasteiger partial charge in [0.1, 0.15) is 23.0 Å². The Balaban J connectivity index is 1.66. The van der Waals surface area contributed by atoms with Crippen LogP contribution in [0.5, 0.6) is 0 Å². The third-order valence-electron chi connectivity index (χ3n) is 5.07. The van der Waals surface area contributed by atoms with Crippen LogP contribution in [0.3, 0.4) is 0 Å². The van der Waals surface area contributed by atoms with E-state index in [1.807, 2.05) is 37.8 Å². The SMILES string of the molecule is Cn1cc(-c2cn3ncc(C#N)c3c(-c3ccc(N4CCCC4)nc3)n2)cn1. The number of aryl methyl sites for hydroxylation is 1. The second kappa shape index (κ2) is 6.46. The Hall–Kier alpha value is -3.73. The molecule has 1 fully saturated rings. The molecule has 28 heavy (non-hydrogen) atoms. The molecule has 0 radical (unpaired) electrons. The van der Waals surface area contributed by atoms with Crippen molar-refractivity contribution in [3.63, 3.8) is 0 Å². The van der Waals surface area contributed by atoms with Crippen LogP contribution in [0, 0.1) is 11.3 Å². The summed E-state index contributed by atoms with van der Waals surface area (Å²) in [5.41, 5.74) is 4.36. The van der Waals surface area contributed by atoms with E-state index >= 15 is 0 Å². The maximum absolute atomic E-state index is 9.51. The first-order valence-electron chi connectivity index (χ1n) is 9.22. The lowest BCUT2D eigenvalue weighted by molar-refractivity contribution is 0.768. The van der Waals surface area contributed by atoms with Gasteiger partial charge in [-0.05, 0) is 25.0 Å². The molecule has 0 saturated carbocycles. The molecule has 1 aliphatic heterocycles. The largest absolute Gasteiger partial charge is 0.357 e. The van der Waals surface area contributed by atoms with Gasteiger partial charge in [-0.1, -0.05) is 0 Å². The lowest BCUT2D eigenvalue weighted by atomic mass is 10.1. The highest BCUT2D eigenvalue weighted by atomic mass is 15.2. The summed E-state index contributed by atoms with van der Waals surface area (Å²) < 4.78 is 3.44. The minimum atomic E-state index is 0.490. The van der Waals surface area contributed by atoms with Gasteiger partial charge >= 0.3 is 0 Å². The van der Waals surface area contributed by atoms with Crippen LogP contribution < -0.4 is 4.90 Å². The van der Waals surface area contributed by atoms with Gasteiger partial charge in [-0.2, -0.15) is 15.5 Å². The zero-order valence-corrected chi connectivity index (χ0v) is 15.4. The fourth-order valence-corrected chi connectivity index (χ4v) is 3.65. The Morgan fingerprint density at radius 1 is 1.00 bits per heavy atom. The molecule has 0 spiro atoms. The summed E-state index contributed by atoms with van der Waals surface area (Å²) in [7, 11) is 1.87. The fourth-order valence-electron chi connectivity index (χ4n) is 3.65. The minimum absolute atomic E-state index is 0.490. The Labute approximate surface area is 161 Å². The average molecular weight is 370 g/mol. The van der Waals surface area contributed by atoms with Gasteiger partial charge in [0.25, 0.3) is 0 Å². The molecule has 0 amide bonds. The Morgan fingerprint density at radius 3 is 2.54 bits per heavy atom. The standard InChI is InChI=1S/C20H18N8/c1-26-12-16(11-23-26)17-13-28-20(15(8-21)10-24-28)19(25-17)14-4-5-18(22-9-14)27-6-2-3-7-27/h4-5,9-13H,2-3,6-7H2,1H3. The zero-order valence-electron chi connectivity index (χ0n) is 15.4. The van der Waals surface area contributed by atoms with Crippen molar-refractivity contribution in [1.29, 1.82) is 5.26 Å². The summed E-state index contributed by atoms with van der Waals surface area (Å²) in [5, 5.41) is 18.1. The second-order valence-corrected chi connectivity index (χ2v) is 6.94. The van der Waals surface area contributed by atoms with Crippen molar-refractivity contribution in [2.24, 2.45) is 7.05 Å². The molecule has 5 heterocycles. The lowest BCUT2D eigenvalue weighted by Crippen LogP contribution is -2.18. The maximum Gasteiger partial charge on any atom is 0.128 e. The fraction of sp³-hybridized carbons (Fsp3) is 0.250.